The molecule has 0 radical (unpaired) electrons. The molecule has 0 spiro atoms. The molecule has 0 aromatic heterocycles. The molecule has 0 aliphatic carbocycles. The third-order valence-electron chi connectivity index (χ3n) is 3.62. The third kappa shape index (κ3) is 3.30. The maximum Gasteiger partial charge on any atom is 0.416 e. The van der Waals surface area contributed by atoms with Crippen molar-refractivity contribution < 1.29 is 22.3 Å². The van der Waals surface area contributed by atoms with E-state index < -0.39 is 29.3 Å². The number of rotatable bonds is 2. The standard InChI is InChI=1S/C14H17F4NO/c1-3-13(2)8-19-7-12(20-13)9-4-10(14(16,17)18)6-11(15)5-9/h4-6,12,19H,3,7-8H2,1-2H3. The topological polar surface area (TPSA) is 21.3 Å². The summed E-state index contributed by atoms with van der Waals surface area (Å²) in [5.41, 5.74) is -1.22. The SMILES string of the molecule is CCC1(C)CNCC(c2cc(F)cc(C(F)(F)F)c2)O1. The first kappa shape index (κ1) is 15.3. The number of benzene rings is 1. The fraction of sp³-hybridized carbons (Fsp3) is 0.571. The van der Waals surface area contributed by atoms with E-state index >= 15 is 0 Å². The first-order chi connectivity index (χ1) is 9.23. The zero-order valence-corrected chi connectivity index (χ0v) is 11.4. The average Bonchev–Trinajstić information content (AvgIpc) is 2.37. The Hall–Kier alpha value is -1.14. The molecule has 1 aliphatic rings. The van der Waals surface area contributed by atoms with Crippen LogP contribution in [-0.2, 0) is 10.9 Å². The summed E-state index contributed by atoms with van der Waals surface area (Å²) in [5.74, 6) is -0.901. The first-order valence-electron chi connectivity index (χ1n) is 6.50. The van der Waals surface area contributed by atoms with Crippen LogP contribution in [0.25, 0.3) is 0 Å². The minimum Gasteiger partial charge on any atom is -0.365 e. The second-order valence-corrected chi connectivity index (χ2v) is 5.31. The highest BCUT2D eigenvalue weighted by atomic mass is 19.4. The van der Waals surface area contributed by atoms with E-state index in [1.165, 1.54) is 0 Å². The van der Waals surface area contributed by atoms with E-state index in [9.17, 15) is 17.6 Å². The van der Waals surface area contributed by atoms with Gasteiger partial charge in [0.15, 0.2) is 0 Å². The molecule has 2 nitrogen and oxygen atoms in total. The molecule has 1 aromatic rings. The van der Waals surface area contributed by atoms with Crippen molar-refractivity contribution in [3.63, 3.8) is 0 Å². The lowest BCUT2D eigenvalue weighted by molar-refractivity contribution is -0.138. The van der Waals surface area contributed by atoms with E-state index in [-0.39, 0.29) is 5.56 Å². The van der Waals surface area contributed by atoms with Crippen LogP contribution >= 0.6 is 0 Å². The van der Waals surface area contributed by atoms with Gasteiger partial charge >= 0.3 is 6.18 Å². The van der Waals surface area contributed by atoms with Gasteiger partial charge in [-0.05, 0) is 37.1 Å². The largest absolute Gasteiger partial charge is 0.416 e. The molecule has 1 heterocycles. The Bertz CT molecular complexity index is 489. The van der Waals surface area contributed by atoms with Crippen LogP contribution in [0.15, 0.2) is 18.2 Å². The van der Waals surface area contributed by atoms with Gasteiger partial charge in [-0.1, -0.05) is 6.92 Å². The van der Waals surface area contributed by atoms with Gasteiger partial charge in [-0.25, -0.2) is 4.39 Å². The second-order valence-electron chi connectivity index (χ2n) is 5.31. The molecule has 1 fully saturated rings. The summed E-state index contributed by atoms with van der Waals surface area (Å²) in [6, 6.07) is 2.55. The van der Waals surface area contributed by atoms with Crippen LogP contribution < -0.4 is 5.32 Å². The van der Waals surface area contributed by atoms with Crippen LogP contribution in [0.4, 0.5) is 17.6 Å². The number of hydrogen-bond acceptors (Lipinski definition) is 2. The first-order valence-corrected chi connectivity index (χ1v) is 6.50. The quantitative estimate of drug-likeness (QED) is 0.839. The lowest BCUT2D eigenvalue weighted by Gasteiger charge is -2.39. The lowest BCUT2D eigenvalue weighted by Crippen LogP contribution is -2.48. The maximum atomic E-state index is 13.4. The summed E-state index contributed by atoms with van der Waals surface area (Å²) in [5, 5.41) is 3.12. The molecule has 0 saturated carbocycles. The van der Waals surface area contributed by atoms with Gasteiger partial charge < -0.3 is 10.1 Å². The molecule has 1 saturated heterocycles. The van der Waals surface area contributed by atoms with Crippen molar-refractivity contribution in [1.82, 2.24) is 5.32 Å². The van der Waals surface area contributed by atoms with Crippen molar-refractivity contribution >= 4 is 0 Å². The van der Waals surface area contributed by atoms with E-state index in [0.29, 0.717) is 19.2 Å². The van der Waals surface area contributed by atoms with Crippen molar-refractivity contribution in [2.45, 2.75) is 38.1 Å². The minimum atomic E-state index is -4.56. The van der Waals surface area contributed by atoms with Crippen LogP contribution in [0.3, 0.4) is 0 Å². The minimum absolute atomic E-state index is 0.212. The molecule has 2 atom stereocenters. The van der Waals surface area contributed by atoms with Gasteiger partial charge in [-0.2, -0.15) is 13.2 Å². The Labute approximate surface area is 115 Å². The van der Waals surface area contributed by atoms with Gasteiger partial charge in [0.05, 0.1) is 17.3 Å². The molecule has 6 heteroatoms. The summed E-state index contributed by atoms with van der Waals surface area (Å²) in [6.07, 6.45) is -4.42. The molecule has 1 aliphatic heterocycles. The lowest BCUT2D eigenvalue weighted by atomic mass is 9.97. The Kier molecular flexibility index (Phi) is 4.07. The third-order valence-corrected chi connectivity index (χ3v) is 3.62. The van der Waals surface area contributed by atoms with Crippen molar-refractivity contribution in [3.05, 3.63) is 35.1 Å². The summed E-state index contributed by atoms with van der Waals surface area (Å²) in [6.45, 7) is 4.82. The van der Waals surface area contributed by atoms with Crippen molar-refractivity contribution in [3.8, 4) is 0 Å². The number of alkyl halides is 3. The number of halogens is 4. The summed E-state index contributed by atoms with van der Waals surface area (Å²) >= 11 is 0. The predicted octanol–water partition coefficient (Wildman–Crippen LogP) is 3.67. The fourth-order valence-electron chi connectivity index (χ4n) is 2.25. The normalized spacial score (nSPS) is 27.6. The molecule has 0 bridgehead atoms. The van der Waals surface area contributed by atoms with Crippen LogP contribution in [0.1, 0.15) is 37.5 Å². The molecule has 2 unspecified atom stereocenters. The summed E-state index contributed by atoms with van der Waals surface area (Å²) < 4.78 is 57.4. The Balaban J connectivity index is 2.31. The van der Waals surface area contributed by atoms with Crippen LogP contribution in [-0.4, -0.2) is 18.7 Å². The van der Waals surface area contributed by atoms with Gasteiger partial charge in [-0.3, -0.25) is 0 Å². The van der Waals surface area contributed by atoms with Gasteiger partial charge in [0.1, 0.15) is 5.82 Å². The van der Waals surface area contributed by atoms with Gasteiger partial charge in [0, 0.05) is 13.1 Å². The summed E-state index contributed by atoms with van der Waals surface area (Å²) in [4.78, 5) is 0. The Morgan fingerprint density at radius 2 is 2.05 bits per heavy atom. The fourth-order valence-corrected chi connectivity index (χ4v) is 2.25. The zero-order valence-electron chi connectivity index (χ0n) is 11.4. The van der Waals surface area contributed by atoms with E-state index in [0.717, 1.165) is 18.6 Å². The van der Waals surface area contributed by atoms with Crippen LogP contribution in [0, 0.1) is 5.82 Å². The molecular weight excluding hydrogens is 274 g/mol. The van der Waals surface area contributed by atoms with E-state index in [1.807, 2.05) is 13.8 Å². The highest BCUT2D eigenvalue weighted by Gasteiger charge is 2.35. The predicted molar refractivity (Wildman–Crippen MR) is 66.8 cm³/mol. The number of nitrogens with one attached hydrogen (secondary N) is 1. The second kappa shape index (κ2) is 5.33. The van der Waals surface area contributed by atoms with Gasteiger partial charge in [0.25, 0.3) is 0 Å². The van der Waals surface area contributed by atoms with E-state index in [2.05, 4.69) is 5.32 Å². The summed E-state index contributed by atoms with van der Waals surface area (Å²) in [7, 11) is 0. The maximum absolute atomic E-state index is 13.4. The monoisotopic (exact) mass is 291 g/mol. The van der Waals surface area contributed by atoms with E-state index in [4.69, 9.17) is 4.74 Å². The Morgan fingerprint density at radius 1 is 1.35 bits per heavy atom. The van der Waals surface area contributed by atoms with Crippen LogP contribution in [0.5, 0.6) is 0 Å². The molecule has 1 aromatic carbocycles. The molecular formula is C14H17F4NO. The van der Waals surface area contributed by atoms with E-state index in [1.54, 1.807) is 0 Å². The highest BCUT2D eigenvalue weighted by molar-refractivity contribution is 5.29. The van der Waals surface area contributed by atoms with Crippen molar-refractivity contribution in [2.24, 2.45) is 0 Å². The molecule has 20 heavy (non-hydrogen) atoms. The highest BCUT2D eigenvalue weighted by Crippen LogP contribution is 2.34. The molecule has 112 valence electrons. The molecule has 1 N–H and O–H groups in total. The van der Waals surface area contributed by atoms with Crippen molar-refractivity contribution in [1.29, 1.82) is 0 Å². The van der Waals surface area contributed by atoms with Crippen molar-refractivity contribution in [2.75, 3.05) is 13.1 Å². The molecule has 2 rings (SSSR count). The van der Waals surface area contributed by atoms with Gasteiger partial charge in [0.2, 0.25) is 0 Å². The number of morpholine rings is 1. The molecule has 0 amide bonds. The Morgan fingerprint density at radius 3 is 2.65 bits per heavy atom. The van der Waals surface area contributed by atoms with Crippen LogP contribution in [0.2, 0.25) is 0 Å². The smallest absolute Gasteiger partial charge is 0.365 e. The average molecular weight is 291 g/mol. The number of hydrogen-bond donors (Lipinski definition) is 1. The number of ether oxygens (including phenoxy) is 1. The van der Waals surface area contributed by atoms with Gasteiger partial charge in [-0.15, -0.1) is 0 Å². The zero-order chi connectivity index (χ0) is 15.0.